The van der Waals surface area contributed by atoms with Crippen LogP contribution >= 0.6 is 0 Å². The third-order valence-corrected chi connectivity index (χ3v) is 4.60. The van der Waals surface area contributed by atoms with E-state index in [2.05, 4.69) is 26.0 Å². The van der Waals surface area contributed by atoms with Gasteiger partial charge in [0, 0.05) is 13.0 Å². The van der Waals surface area contributed by atoms with Crippen LogP contribution < -0.4 is 10.6 Å². The minimum Gasteiger partial charge on any atom is -0.330 e. The Morgan fingerprint density at radius 1 is 1.21 bits per heavy atom. The second-order valence-electron chi connectivity index (χ2n) is 6.36. The molecular formula is C16H22N2O. The first kappa shape index (κ1) is 12.7. The van der Waals surface area contributed by atoms with Crippen LogP contribution in [0.2, 0.25) is 0 Å². The summed E-state index contributed by atoms with van der Waals surface area (Å²) in [6.07, 6.45) is 3.55. The Kier molecular flexibility index (Phi) is 2.90. The fourth-order valence-corrected chi connectivity index (χ4v) is 3.35. The van der Waals surface area contributed by atoms with Crippen molar-refractivity contribution in [1.29, 1.82) is 0 Å². The van der Waals surface area contributed by atoms with Gasteiger partial charge < -0.3 is 10.6 Å². The highest BCUT2D eigenvalue weighted by molar-refractivity contribution is 5.98. The zero-order valence-corrected chi connectivity index (χ0v) is 11.8. The molecule has 2 aliphatic rings. The third kappa shape index (κ3) is 1.96. The molecule has 0 aromatic heterocycles. The van der Waals surface area contributed by atoms with Crippen LogP contribution in [-0.4, -0.2) is 19.0 Å². The van der Waals surface area contributed by atoms with Crippen molar-refractivity contribution >= 4 is 11.6 Å². The Hall–Kier alpha value is -1.35. The summed E-state index contributed by atoms with van der Waals surface area (Å²) in [4.78, 5) is 13.9. The van der Waals surface area contributed by atoms with Gasteiger partial charge in [0.25, 0.3) is 0 Å². The van der Waals surface area contributed by atoms with Crippen LogP contribution in [0.3, 0.4) is 0 Å². The Bertz CT molecular complexity index is 534. The summed E-state index contributed by atoms with van der Waals surface area (Å²) < 4.78 is 0. The second-order valence-corrected chi connectivity index (χ2v) is 6.36. The van der Waals surface area contributed by atoms with Crippen LogP contribution in [0.4, 0.5) is 5.69 Å². The second kappa shape index (κ2) is 4.34. The molecule has 2 aliphatic heterocycles. The summed E-state index contributed by atoms with van der Waals surface area (Å²) in [5.41, 5.74) is 11.2. The van der Waals surface area contributed by atoms with E-state index in [1.54, 1.807) is 0 Å². The van der Waals surface area contributed by atoms with Crippen molar-refractivity contribution in [2.45, 2.75) is 44.9 Å². The van der Waals surface area contributed by atoms with Crippen molar-refractivity contribution in [3.8, 4) is 0 Å². The molecule has 1 aromatic rings. The molecule has 0 unspecified atom stereocenters. The Labute approximate surface area is 114 Å². The van der Waals surface area contributed by atoms with Gasteiger partial charge in [0.1, 0.15) is 0 Å². The van der Waals surface area contributed by atoms with E-state index in [1.165, 1.54) is 22.4 Å². The van der Waals surface area contributed by atoms with E-state index in [9.17, 15) is 4.79 Å². The molecule has 3 nitrogen and oxygen atoms in total. The number of nitrogens with two attached hydrogens (primary N) is 1. The number of anilines is 1. The number of rotatable bonds is 3. The summed E-state index contributed by atoms with van der Waals surface area (Å²) in [6, 6.07) is 4.60. The molecular weight excluding hydrogens is 236 g/mol. The van der Waals surface area contributed by atoms with Crippen LogP contribution in [0, 0.1) is 0 Å². The lowest BCUT2D eigenvalue weighted by molar-refractivity contribution is -0.118. The average Bonchev–Trinajstić information content (AvgIpc) is 2.79. The van der Waals surface area contributed by atoms with Crippen molar-refractivity contribution in [2.75, 3.05) is 18.0 Å². The lowest BCUT2D eigenvalue weighted by Crippen LogP contribution is -2.33. The molecule has 0 bridgehead atoms. The van der Waals surface area contributed by atoms with Gasteiger partial charge in [0.15, 0.2) is 0 Å². The van der Waals surface area contributed by atoms with Crippen LogP contribution in [0.5, 0.6) is 0 Å². The number of benzene rings is 1. The van der Waals surface area contributed by atoms with Crippen molar-refractivity contribution in [1.82, 2.24) is 0 Å². The maximum absolute atomic E-state index is 11.9. The smallest absolute Gasteiger partial charge is 0.227 e. The molecule has 3 heteroatoms. The van der Waals surface area contributed by atoms with Crippen molar-refractivity contribution in [2.24, 2.45) is 5.73 Å². The fraction of sp³-hybridized carbons (Fsp3) is 0.562. The molecule has 2 N–H and O–H groups in total. The molecule has 0 fully saturated rings. The Balaban J connectivity index is 2.07. The normalized spacial score (nSPS) is 17.8. The van der Waals surface area contributed by atoms with Crippen molar-refractivity contribution in [3.05, 3.63) is 28.8 Å². The number of carbonyl (C=O) groups excluding carboxylic acids is 1. The van der Waals surface area contributed by atoms with Crippen LogP contribution in [0.1, 0.15) is 43.4 Å². The van der Waals surface area contributed by atoms with Crippen LogP contribution in [0.25, 0.3) is 0 Å². The van der Waals surface area contributed by atoms with Gasteiger partial charge in [-0.25, -0.2) is 0 Å². The zero-order valence-electron chi connectivity index (χ0n) is 11.8. The monoisotopic (exact) mass is 258 g/mol. The maximum Gasteiger partial charge on any atom is 0.227 e. The molecule has 0 spiro atoms. The lowest BCUT2D eigenvalue weighted by atomic mass is 9.79. The lowest BCUT2D eigenvalue weighted by Gasteiger charge is -2.30. The third-order valence-electron chi connectivity index (χ3n) is 4.60. The first-order valence-corrected chi connectivity index (χ1v) is 7.19. The van der Waals surface area contributed by atoms with Gasteiger partial charge in [-0.15, -0.1) is 0 Å². The summed E-state index contributed by atoms with van der Waals surface area (Å²) in [6.45, 7) is 6.09. The summed E-state index contributed by atoms with van der Waals surface area (Å²) in [5.74, 6) is 0.292. The maximum atomic E-state index is 11.9. The van der Waals surface area contributed by atoms with Gasteiger partial charge in [0.2, 0.25) is 5.91 Å². The highest BCUT2D eigenvalue weighted by Crippen LogP contribution is 2.40. The molecule has 0 saturated heterocycles. The van der Waals surface area contributed by atoms with Crippen molar-refractivity contribution < 1.29 is 4.79 Å². The molecule has 0 saturated carbocycles. The quantitative estimate of drug-likeness (QED) is 0.903. The summed E-state index contributed by atoms with van der Waals surface area (Å²) in [7, 11) is 0. The number of aryl methyl sites for hydroxylation is 1. The highest BCUT2D eigenvalue weighted by Gasteiger charge is 2.33. The minimum absolute atomic E-state index is 0.120. The summed E-state index contributed by atoms with van der Waals surface area (Å²) >= 11 is 0. The fourth-order valence-electron chi connectivity index (χ4n) is 3.35. The highest BCUT2D eigenvalue weighted by atomic mass is 16.2. The number of hydrogen-bond acceptors (Lipinski definition) is 2. The van der Waals surface area contributed by atoms with Gasteiger partial charge >= 0.3 is 0 Å². The predicted octanol–water partition coefficient (Wildman–Crippen LogP) is 2.15. The van der Waals surface area contributed by atoms with E-state index in [-0.39, 0.29) is 5.41 Å². The molecule has 2 heterocycles. The van der Waals surface area contributed by atoms with E-state index in [0.29, 0.717) is 18.9 Å². The topological polar surface area (TPSA) is 46.3 Å². The van der Waals surface area contributed by atoms with Crippen molar-refractivity contribution in [3.63, 3.8) is 0 Å². The SMILES string of the molecule is CC(C)(CCN)c1cc2c3c(c1)CCN3C(=O)CC2. The molecule has 3 rings (SSSR count). The predicted molar refractivity (Wildman–Crippen MR) is 77.5 cm³/mol. The number of hydrogen-bond donors (Lipinski definition) is 1. The molecule has 1 amide bonds. The van der Waals surface area contributed by atoms with E-state index < -0.39 is 0 Å². The standard InChI is InChI=1S/C16H22N2O/c1-16(2,6-7-17)13-9-11-3-4-14(19)18-8-5-12(10-13)15(11)18/h9-10H,3-8,17H2,1-2H3. The van der Waals surface area contributed by atoms with Gasteiger partial charge in [-0.05, 0) is 47.9 Å². The molecule has 0 atom stereocenters. The van der Waals surface area contributed by atoms with Crippen LogP contribution in [-0.2, 0) is 23.1 Å². The molecule has 19 heavy (non-hydrogen) atoms. The molecule has 0 aliphatic carbocycles. The van der Waals surface area contributed by atoms with Gasteiger partial charge in [0.05, 0.1) is 5.69 Å². The zero-order chi connectivity index (χ0) is 13.6. The molecule has 0 radical (unpaired) electrons. The van der Waals surface area contributed by atoms with Gasteiger partial charge in [-0.2, -0.15) is 0 Å². The van der Waals surface area contributed by atoms with E-state index in [0.717, 1.165) is 25.8 Å². The Morgan fingerprint density at radius 3 is 2.58 bits per heavy atom. The van der Waals surface area contributed by atoms with Crippen LogP contribution in [0.15, 0.2) is 12.1 Å². The van der Waals surface area contributed by atoms with Gasteiger partial charge in [-0.3, -0.25) is 4.79 Å². The molecule has 102 valence electrons. The van der Waals surface area contributed by atoms with E-state index in [4.69, 9.17) is 5.73 Å². The number of carbonyl (C=O) groups is 1. The van der Waals surface area contributed by atoms with Gasteiger partial charge in [-0.1, -0.05) is 26.0 Å². The van der Waals surface area contributed by atoms with E-state index in [1.807, 2.05) is 4.90 Å². The largest absolute Gasteiger partial charge is 0.330 e. The summed E-state index contributed by atoms with van der Waals surface area (Å²) in [5, 5.41) is 0. The van der Waals surface area contributed by atoms with E-state index >= 15 is 0 Å². The average molecular weight is 258 g/mol. The Morgan fingerprint density at radius 2 is 1.89 bits per heavy atom. The first-order chi connectivity index (χ1) is 9.03. The minimum atomic E-state index is 0.120. The molecule has 1 aromatic carbocycles. The first-order valence-electron chi connectivity index (χ1n) is 7.19. The number of nitrogens with zero attached hydrogens (tertiary/aromatic N) is 1. The number of amides is 1.